The van der Waals surface area contributed by atoms with Gasteiger partial charge in [0.15, 0.2) is 12.1 Å². The first-order valence-electron chi connectivity index (χ1n) is 36.6. The minimum atomic E-state index is -5.08. The van der Waals surface area contributed by atoms with E-state index in [0.717, 1.165) is 74.3 Å². The van der Waals surface area contributed by atoms with Crippen LogP contribution in [0.2, 0.25) is 10.0 Å². The predicted molar refractivity (Wildman–Crippen MR) is 406 cm³/mol. The van der Waals surface area contributed by atoms with Gasteiger partial charge in [0, 0.05) is 68.6 Å². The Morgan fingerprint density at radius 3 is 1.04 bits per heavy atom. The Bertz CT molecular complexity index is 4720. The number of carboxylic acids is 2. The lowest BCUT2D eigenvalue weighted by molar-refractivity contribution is -0.193. The molecule has 34 heteroatoms. The van der Waals surface area contributed by atoms with E-state index in [1.165, 1.54) is 72.6 Å². The van der Waals surface area contributed by atoms with E-state index < -0.39 is 91.2 Å². The average molecular weight is 1680 g/mol. The lowest BCUT2D eigenvalue weighted by Gasteiger charge is -2.41. The third-order valence-electron chi connectivity index (χ3n) is 21.2. The number of sulfonamides is 2. The number of carbonyl (C=O) groups is 4. The van der Waals surface area contributed by atoms with Gasteiger partial charge in [0.1, 0.15) is 23.0 Å². The first-order chi connectivity index (χ1) is 53.7. The van der Waals surface area contributed by atoms with Crippen molar-refractivity contribution in [1.29, 1.82) is 0 Å². The molecule has 4 unspecified atom stereocenters. The van der Waals surface area contributed by atoms with Gasteiger partial charge in [-0.3, -0.25) is 9.59 Å². The number of methoxy groups -OCH3 is 2. The quantitative estimate of drug-likeness (QED) is 0.0387. The monoisotopic (exact) mass is 1670 g/mol. The summed E-state index contributed by atoms with van der Waals surface area (Å²) in [6.07, 6.45) is 3.00. The summed E-state index contributed by atoms with van der Waals surface area (Å²) in [6, 6.07) is 34.3. The molecule has 2 aliphatic carbocycles. The summed E-state index contributed by atoms with van der Waals surface area (Å²) in [4.78, 5) is 48.8. The molecule has 6 fully saturated rings. The minimum Gasteiger partial charge on any atom is -0.496 e. The van der Waals surface area contributed by atoms with Gasteiger partial charge in [-0.1, -0.05) is 96.0 Å². The van der Waals surface area contributed by atoms with Crippen molar-refractivity contribution in [2.75, 3.05) is 14.2 Å². The van der Waals surface area contributed by atoms with Crippen molar-refractivity contribution in [3.8, 4) is 45.3 Å². The molecule has 4 bridgehead atoms. The number of nitrogens with one attached hydrogen (secondary N) is 2. The van der Waals surface area contributed by atoms with E-state index in [1.807, 2.05) is 12.1 Å². The Hall–Kier alpha value is -9.02. The van der Waals surface area contributed by atoms with Crippen molar-refractivity contribution in [3.05, 3.63) is 179 Å². The highest BCUT2D eigenvalue weighted by atomic mass is 35.5. The van der Waals surface area contributed by atoms with Crippen LogP contribution < -0.4 is 39.9 Å². The maximum Gasteiger partial charge on any atom is 0.490 e. The van der Waals surface area contributed by atoms with Crippen LogP contribution in [0.4, 0.5) is 43.9 Å². The van der Waals surface area contributed by atoms with E-state index in [-0.39, 0.29) is 69.7 Å². The van der Waals surface area contributed by atoms with E-state index >= 15 is 17.6 Å². The van der Waals surface area contributed by atoms with E-state index in [2.05, 4.69) is 9.44 Å². The first kappa shape index (κ1) is 85.9. The molecule has 2 saturated carbocycles. The van der Waals surface area contributed by atoms with Crippen molar-refractivity contribution in [2.45, 2.75) is 197 Å². The van der Waals surface area contributed by atoms with E-state index in [0.29, 0.717) is 106 Å². The number of carbonyl (C=O) groups excluding carboxylic acids is 2. The standard InChI is InChI=1S/2C38H40ClF2N3O5S.2C2HF3O2/c2*1-48-35-20-26(10-17-34(35)23-6-11-27(39)12-7-23)38(40,41)36(37(45)44-29-13-14-30(44)22-28(42)21-29)43-50(46,47)33-16-9-24-18-32(15-8-25(24)19-33)49-31-4-2-3-5-31;2*3-2(4,5)1(6)7/h2*6-12,15-20,28-31,36,43H,2-5,13-14,21-22,42H2,1H3;2*(H,6,7)/t2*28?,29?,30?,36-;;/m10../s1. The van der Waals surface area contributed by atoms with E-state index in [4.69, 9.17) is 73.4 Å². The molecule has 6 atom stereocenters. The normalized spacial score (nSPS) is 20.5. The highest BCUT2D eigenvalue weighted by Crippen LogP contribution is 2.46. The maximum atomic E-state index is 16.9. The maximum absolute atomic E-state index is 16.9. The lowest BCUT2D eigenvalue weighted by Crippen LogP contribution is -2.60. The third kappa shape index (κ3) is 20.1. The van der Waals surface area contributed by atoms with Crippen LogP contribution in [0, 0.1) is 0 Å². The molecule has 20 nitrogen and oxygen atoms in total. The SMILES string of the molecule is COc1cc(C(F)(F)[C@@H](NS(=O)(=O)c2ccc3cc(OC4CCCC4)ccc3c2)C(=O)N2C3CCC2CC(N)C3)ccc1-c1ccc(Cl)cc1.COc1cc(C(F)(F)[C@H](NS(=O)(=O)c2ccc3cc(OC4CCCC4)ccc3c2)C(=O)N2C3CCC2CC(N)C3)ccc1-c1ccc(Cl)cc1.O=C(O)C(F)(F)F.O=C(O)C(F)(F)F. The molecule has 0 spiro atoms. The van der Waals surface area contributed by atoms with Gasteiger partial charge in [0.2, 0.25) is 31.9 Å². The molecule has 114 heavy (non-hydrogen) atoms. The van der Waals surface area contributed by atoms with Gasteiger partial charge in [-0.2, -0.15) is 53.3 Å². The number of nitrogens with two attached hydrogens (primary N) is 2. The Morgan fingerprint density at radius 2 is 0.737 bits per heavy atom. The topological polar surface area (TPSA) is 297 Å². The van der Waals surface area contributed by atoms with E-state index in [1.54, 1.807) is 84.9 Å². The second-order valence-corrected chi connectivity index (χ2v) is 33.2. The number of piperidine rings is 2. The van der Waals surface area contributed by atoms with Gasteiger partial charge >= 0.3 is 24.3 Å². The summed E-state index contributed by atoms with van der Waals surface area (Å²) in [6.45, 7) is 0. The fourth-order valence-corrected chi connectivity index (χ4v) is 18.3. The van der Waals surface area contributed by atoms with Crippen LogP contribution in [0.25, 0.3) is 43.8 Å². The molecule has 4 aliphatic heterocycles. The Labute approximate surface area is 660 Å². The largest absolute Gasteiger partial charge is 0.496 e. The minimum absolute atomic E-state index is 0.133. The van der Waals surface area contributed by atoms with Crippen molar-refractivity contribution in [2.24, 2.45) is 11.5 Å². The van der Waals surface area contributed by atoms with Gasteiger partial charge in [0.05, 0.1) is 36.2 Å². The van der Waals surface area contributed by atoms with Crippen LogP contribution in [-0.4, -0.2) is 148 Å². The summed E-state index contributed by atoms with van der Waals surface area (Å²) in [5.41, 5.74) is 13.7. The number of fused-ring (bicyclic) bond motifs is 6. The second kappa shape index (κ2) is 35.2. The van der Waals surface area contributed by atoms with Crippen molar-refractivity contribution in [3.63, 3.8) is 0 Å². The number of carboxylic acid groups (broad SMARTS) is 2. The molecule has 6 aliphatic rings. The fraction of sp³-hybridized carbons (Fsp3) is 0.400. The number of amides is 2. The summed E-state index contributed by atoms with van der Waals surface area (Å²) in [5, 5.41) is 17.9. The van der Waals surface area contributed by atoms with Gasteiger partial charge in [-0.05, 0) is 220 Å². The zero-order valence-corrected chi connectivity index (χ0v) is 64.4. The average Bonchev–Trinajstić information content (AvgIpc) is 1.23. The van der Waals surface area contributed by atoms with Crippen LogP contribution in [0.1, 0.15) is 114 Å². The highest BCUT2D eigenvalue weighted by molar-refractivity contribution is 7.89. The number of benzene rings is 8. The summed E-state index contributed by atoms with van der Waals surface area (Å²) < 4.78 is 215. The molecule has 8 aromatic rings. The summed E-state index contributed by atoms with van der Waals surface area (Å²) in [7, 11) is -6.53. The summed E-state index contributed by atoms with van der Waals surface area (Å²) >= 11 is 12.1. The number of halogens is 12. The molecule has 4 saturated heterocycles. The molecule has 8 N–H and O–H groups in total. The number of hydrogen-bond donors (Lipinski definition) is 6. The summed E-state index contributed by atoms with van der Waals surface area (Å²) in [5.74, 6) is -13.8. The molecule has 14 rings (SSSR count). The van der Waals surface area contributed by atoms with Gasteiger partial charge in [-0.25, -0.2) is 26.4 Å². The Balaban J connectivity index is 0.000000192. The molecular weight excluding hydrogens is 1590 g/mol. The van der Waals surface area contributed by atoms with Gasteiger partial charge in [0.25, 0.3) is 11.8 Å². The molecule has 4 heterocycles. The van der Waals surface area contributed by atoms with Crippen molar-refractivity contribution in [1.82, 2.24) is 19.2 Å². The number of ether oxygens (including phenoxy) is 4. The first-order valence-corrected chi connectivity index (χ1v) is 40.3. The molecular formula is C80H82Cl2F10N6O14S2. The van der Waals surface area contributed by atoms with Crippen molar-refractivity contribution < 1.29 is 109 Å². The Kier molecular flexibility index (Phi) is 26.5. The zero-order valence-electron chi connectivity index (χ0n) is 61.3. The van der Waals surface area contributed by atoms with Crippen LogP contribution >= 0.6 is 23.2 Å². The number of hydrogen-bond acceptors (Lipinski definition) is 14. The highest BCUT2D eigenvalue weighted by Gasteiger charge is 2.56. The van der Waals surface area contributed by atoms with Gasteiger partial charge in [-0.15, -0.1) is 0 Å². The third-order valence-corrected chi connectivity index (χ3v) is 24.5. The van der Waals surface area contributed by atoms with Crippen LogP contribution in [0.5, 0.6) is 23.0 Å². The van der Waals surface area contributed by atoms with Crippen LogP contribution in [-0.2, 0) is 51.1 Å². The fourth-order valence-electron chi connectivity index (χ4n) is 15.6. The van der Waals surface area contributed by atoms with Crippen LogP contribution in [0.3, 0.4) is 0 Å². The predicted octanol–water partition coefficient (Wildman–Crippen LogP) is 16.1. The van der Waals surface area contributed by atoms with E-state index in [9.17, 15) is 52.8 Å². The molecule has 612 valence electrons. The molecule has 2 amide bonds. The lowest BCUT2D eigenvalue weighted by atomic mass is 9.93. The zero-order chi connectivity index (χ0) is 82.6. The number of rotatable bonds is 20. The number of nitrogens with zero attached hydrogens (tertiary/aromatic N) is 2. The molecule has 8 aromatic carbocycles. The smallest absolute Gasteiger partial charge is 0.490 e. The van der Waals surface area contributed by atoms with Gasteiger partial charge < -0.3 is 50.4 Å². The van der Waals surface area contributed by atoms with Crippen LogP contribution in [0.15, 0.2) is 168 Å². The molecule has 0 radical (unpaired) electrons. The molecule has 0 aromatic heterocycles. The second-order valence-electron chi connectivity index (χ2n) is 28.9. The number of alkyl halides is 10. The Morgan fingerprint density at radius 1 is 0.439 bits per heavy atom. The van der Waals surface area contributed by atoms with Crippen molar-refractivity contribution >= 4 is 88.5 Å². The number of aliphatic carboxylic acids is 2.